The van der Waals surface area contributed by atoms with E-state index in [1.165, 1.54) is 38.2 Å². The average molecular weight is 362 g/mol. The Morgan fingerprint density at radius 3 is 2.16 bits per heavy atom. The molecular formula is C20H26O4S. The SMILES string of the molecule is CCCCCCCCc1ccccc1Oc1ccccc1S(=O)(=O)O. The fraction of sp³-hybridized carbons (Fsp3) is 0.400. The highest BCUT2D eigenvalue weighted by molar-refractivity contribution is 7.86. The maximum atomic E-state index is 11.5. The molecule has 0 saturated carbocycles. The summed E-state index contributed by atoms with van der Waals surface area (Å²) in [5.74, 6) is 0.771. The molecule has 0 aliphatic carbocycles. The predicted octanol–water partition coefficient (Wildman–Crippen LogP) is 5.63. The van der Waals surface area contributed by atoms with E-state index in [4.69, 9.17) is 4.74 Å². The third-order valence-corrected chi connectivity index (χ3v) is 5.01. The first-order valence-corrected chi connectivity index (χ1v) is 10.3. The van der Waals surface area contributed by atoms with Crippen LogP contribution in [-0.2, 0) is 16.5 Å². The summed E-state index contributed by atoms with van der Waals surface area (Å²) in [6.07, 6.45) is 8.17. The second kappa shape index (κ2) is 9.59. The molecule has 2 rings (SSSR count). The lowest BCUT2D eigenvalue weighted by atomic mass is 10.0. The van der Waals surface area contributed by atoms with Gasteiger partial charge in [-0.3, -0.25) is 4.55 Å². The summed E-state index contributed by atoms with van der Waals surface area (Å²) in [6, 6.07) is 13.7. The quantitative estimate of drug-likeness (QED) is 0.439. The fourth-order valence-corrected chi connectivity index (χ4v) is 3.39. The lowest BCUT2D eigenvalue weighted by Gasteiger charge is -2.13. The molecule has 0 unspecified atom stereocenters. The molecule has 0 heterocycles. The minimum Gasteiger partial charge on any atom is -0.456 e. The summed E-state index contributed by atoms with van der Waals surface area (Å²) in [4.78, 5) is -0.218. The van der Waals surface area contributed by atoms with Gasteiger partial charge in [0.05, 0.1) is 0 Å². The van der Waals surface area contributed by atoms with Crippen LogP contribution < -0.4 is 4.74 Å². The van der Waals surface area contributed by atoms with E-state index in [1.54, 1.807) is 18.2 Å². The van der Waals surface area contributed by atoms with E-state index in [0.29, 0.717) is 5.75 Å². The smallest absolute Gasteiger partial charge is 0.298 e. The Hall–Kier alpha value is -1.85. The standard InChI is InChI=1S/C20H26O4S/c1-2-3-4-5-6-7-12-17-13-8-9-14-18(17)24-19-15-10-11-16-20(19)25(21,22)23/h8-11,13-16H,2-7,12H2,1H3,(H,21,22,23). The van der Waals surface area contributed by atoms with Gasteiger partial charge in [-0.05, 0) is 36.6 Å². The summed E-state index contributed by atoms with van der Waals surface area (Å²) in [5, 5.41) is 0. The van der Waals surface area contributed by atoms with Crippen molar-refractivity contribution in [3.63, 3.8) is 0 Å². The molecule has 2 aromatic rings. The van der Waals surface area contributed by atoms with Crippen LogP contribution in [0.2, 0.25) is 0 Å². The monoisotopic (exact) mass is 362 g/mol. The normalized spacial score (nSPS) is 11.4. The van der Waals surface area contributed by atoms with Crippen molar-refractivity contribution in [1.82, 2.24) is 0 Å². The number of para-hydroxylation sites is 2. The van der Waals surface area contributed by atoms with Crippen LogP contribution in [0.3, 0.4) is 0 Å². The second-order valence-electron chi connectivity index (χ2n) is 6.15. The van der Waals surface area contributed by atoms with Gasteiger partial charge in [-0.1, -0.05) is 69.4 Å². The number of unbranched alkanes of at least 4 members (excludes halogenated alkanes) is 5. The average Bonchev–Trinajstić information content (AvgIpc) is 2.59. The molecule has 4 nitrogen and oxygen atoms in total. The highest BCUT2D eigenvalue weighted by atomic mass is 32.2. The zero-order chi connectivity index (χ0) is 18.1. The van der Waals surface area contributed by atoms with E-state index in [1.807, 2.05) is 24.3 Å². The Labute approximate surface area is 150 Å². The van der Waals surface area contributed by atoms with Crippen LogP contribution in [0.1, 0.15) is 51.0 Å². The topological polar surface area (TPSA) is 63.6 Å². The Morgan fingerprint density at radius 2 is 1.44 bits per heavy atom. The second-order valence-corrected chi connectivity index (χ2v) is 7.54. The zero-order valence-corrected chi connectivity index (χ0v) is 15.5. The maximum absolute atomic E-state index is 11.5. The van der Waals surface area contributed by atoms with E-state index < -0.39 is 10.1 Å². The van der Waals surface area contributed by atoms with Crippen LogP contribution in [0, 0.1) is 0 Å². The van der Waals surface area contributed by atoms with Crippen LogP contribution in [0.25, 0.3) is 0 Å². The van der Waals surface area contributed by atoms with Gasteiger partial charge < -0.3 is 4.74 Å². The highest BCUT2D eigenvalue weighted by Gasteiger charge is 2.17. The van der Waals surface area contributed by atoms with Crippen molar-refractivity contribution in [2.45, 2.75) is 56.8 Å². The van der Waals surface area contributed by atoms with Crippen LogP contribution >= 0.6 is 0 Å². The Morgan fingerprint density at radius 1 is 0.840 bits per heavy atom. The molecule has 25 heavy (non-hydrogen) atoms. The van der Waals surface area contributed by atoms with Crippen molar-refractivity contribution in [1.29, 1.82) is 0 Å². The minimum atomic E-state index is -4.32. The van der Waals surface area contributed by atoms with Crippen LogP contribution in [0.4, 0.5) is 0 Å². The first kappa shape index (κ1) is 19.5. The van der Waals surface area contributed by atoms with Crippen LogP contribution in [-0.4, -0.2) is 13.0 Å². The molecular weight excluding hydrogens is 336 g/mol. The highest BCUT2D eigenvalue weighted by Crippen LogP contribution is 2.31. The Bertz CT molecular complexity index is 769. The molecule has 0 aromatic heterocycles. The summed E-state index contributed by atoms with van der Waals surface area (Å²) in [5.41, 5.74) is 1.04. The number of benzene rings is 2. The molecule has 0 radical (unpaired) electrons. The molecule has 0 aliphatic rings. The molecule has 0 atom stereocenters. The number of hydrogen-bond donors (Lipinski definition) is 1. The van der Waals surface area contributed by atoms with Gasteiger partial charge >= 0.3 is 0 Å². The molecule has 0 amide bonds. The van der Waals surface area contributed by atoms with E-state index in [0.717, 1.165) is 18.4 Å². The van der Waals surface area contributed by atoms with Gasteiger partial charge in [0.2, 0.25) is 0 Å². The largest absolute Gasteiger partial charge is 0.456 e. The lowest BCUT2D eigenvalue weighted by Crippen LogP contribution is -2.01. The van der Waals surface area contributed by atoms with Gasteiger partial charge in [0.1, 0.15) is 16.4 Å². The summed E-state index contributed by atoms with van der Waals surface area (Å²) in [7, 11) is -4.32. The number of aryl methyl sites for hydroxylation is 1. The van der Waals surface area contributed by atoms with Crippen molar-refractivity contribution >= 4 is 10.1 Å². The Kier molecular flexibility index (Phi) is 7.47. The van der Waals surface area contributed by atoms with Crippen molar-refractivity contribution in [3.05, 3.63) is 54.1 Å². The van der Waals surface area contributed by atoms with Gasteiger partial charge in [-0.25, -0.2) is 0 Å². The molecule has 5 heteroatoms. The molecule has 0 spiro atoms. The third-order valence-electron chi connectivity index (χ3n) is 4.12. The predicted molar refractivity (Wildman–Crippen MR) is 99.9 cm³/mol. The van der Waals surface area contributed by atoms with Gasteiger partial charge in [0, 0.05) is 0 Å². The van der Waals surface area contributed by atoms with Crippen molar-refractivity contribution in [2.75, 3.05) is 0 Å². The number of hydrogen-bond acceptors (Lipinski definition) is 3. The zero-order valence-electron chi connectivity index (χ0n) is 14.6. The van der Waals surface area contributed by atoms with Gasteiger partial charge in [0.25, 0.3) is 10.1 Å². The summed E-state index contributed by atoms with van der Waals surface area (Å²) >= 11 is 0. The molecule has 0 fully saturated rings. The van der Waals surface area contributed by atoms with Crippen LogP contribution in [0.5, 0.6) is 11.5 Å². The Balaban J connectivity index is 2.06. The van der Waals surface area contributed by atoms with Crippen LogP contribution in [0.15, 0.2) is 53.4 Å². The number of ether oxygens (including phenoxy) is 1. The van der Waals surface area contributed by atoms with E-state index in [9.17, 15) is 13.0 Å². The minimum absolute atomic E-state index is 0.139. The van der Waals surface area contributed by atoms with Crippen molar-refractivity contribution < 1.29 is 17.7 Å². The van der Waals surface area contributed by atoms with Crippen molar-refractivity contribution in [2.24, 2.45) is 0 Å². The number of rotatable bonds is 10. The maximum Gasteiger partial charge on any atom is 0.298 e. The molecule has 0 saturated heterocycles. The van der Waals surface area contributed by atoms with Gasteiger partial charge in [-0.2, -0.15) is 8.42 Å². The van der Waals surface area contributed by atoms with E-state index in [2.05, 4.69) is 6.92 Å². The van der Waals surface area contributed by atoms with Crippen molar-refractivity contribution in [3.8, 4) is 11.5 Å². The molecule has 0 aliphatic heterocycles. The lowest BCUT2D eigenvalue weighted by molar-refractivity contribution is 0.445. The van der Waals surface area contributed by atoms with E-state index in [-0.39, 0.29) is 10.6 Å². The molecule has 0 bridgehead atoms. The first-order chi connectivity index (χ1) is 12.0. The molecule has 2 aromatic carbocycles. The fourth-order valence-electron chi connectivity index (χ4n) is 2.77. The summed E-state index contributed by atoms with van der Waals surface area (Å²) < 4.78 is 38.2. The summed E-state index contributed by atoms with van der Waals surface area (Å²) in [6.45, 7) is 2.21. The third kappa shape index (κ3) is 6.18. The van der Waals surface area contributed by atoms with Gasteiger partial charge in [0.15, 0.2) is 0 Å². The molecule has 136 valence electrons. The first-order valence-electron chi connectivity index (χ1n) is 8.84. The van der Waals surface area contributed by atoms with Gasteiger partial charge in [-0.15, -0.1) is 0 Å². The van der Waals surface area contributed by atoms with E-state index >= 15 is 0 Å². The molecule has 1 N–H and O–H groups in total.